The summed E-state index contributed by atoms with van der Waals surface area (Å²) in [5, 5.41) is 2.95. The lowest BCUT2D eigenvalue weighted by molar-refractivity contribution is -0.139. The van der Waals surface area contributed by atoms with Crippen LogP contribution in [0.3, 0.4) is 0 Å². The van der Waals surface area contributed by atoms with Gasteiger partial charge in [-0.05, 0) is 75.9 Å². The van der Waals surface area contributed by atoms with Crippen molar-refractivity contribution >= 4 is 27.5 Å². The molecule has 2 unspecified atom stereocenters. The molecule has 0 spiro atoms. The Morgan fingerprint density at radius 2 is 1.51 bits per heavy atom. The molecule has 39 heavy (non-hydrogen) atoms. The van der Waals surface area contributed by atoms with Gasteiger partial charge in [0.15, 0.2) is 0 Å². The Labute approximate surface area is 232 Å². The minimum absolute atomic E-state index is 0.0537. The summed E-state index contributed by atoms with van der Waals surface area (Å²) in [4.78, 5) is 28.7. The van der Waals surface area contributed by atoms with E-state index in [0.29, 0.717) is 5.69 Å². The van der Waals surface area contributed by atoms with E-state index in [-0.39, 0.29) is 23.4 Å². The maximum Gasteiger partial charge on any atom is 0.264 e. The largest absolute Gasteiger partial charge is 0.352 e. The van der Waals surface area contributed by atoms with E-state index < -0.39 is 28.5 Å². The lowest BCUT2D eigenvalue weighted by Gasteiger charge is -2.33. The van der Waals surface area contributed by atoms with Crippen molar-refractivity contribution < 1.29 is 18.0 Å². The highest BCUT2D eigenvalue weighted by Gasteiger charge is 2.33. The van der Waals surface area contributed by atoms with Crippen molar-refractivity contribution in [2.75, 3.05) is 10.8 Å². The predicted molar refractivity (Wildman–Crippen MR) is 156 cm³/mol. The number of hydrogen-bond acceptors (Lipinski definition) is 4. The standard InChI is InChI=1S/C31H39N3O4S/c1-7-24(4)32-31(36)26(6)33(20-27-13-9-8-10-14-27)30(35)21-34(29-15-11-12-23(3)25(29)5)39(37,38)28-18-16-22(2)17-19-28/h8-19,24,26H,7,20-21H2,1-6H3,(H,32,36). The van der Waals surface area contributed by atoms with Crippen LogP contribution in [0.5, 0.6) is 0 Å². The van der Waals surface area contributed by atoms with Gasteiger partial charge in [-0.3, -0.25) is 13.9 Å². The number of nitrogens with zero attached hydrogens (tertiary/aromatic N) is 2. The molecule has 0 radical (unpaired) electrons. The van der Waals surface area contributed by atoms with Crippen molar-refractivity contribution in [3.8, 4) is 0 Å². The molecule has 0 saturated carbocycles. The van der Waals surface area contributed by atoms with Gasteiger partial charge in [-0.25, -0.2) is 8.42 Å². The van der Waals surface area contributed by atoms with Gasteiger partial charge < -0.3 is 10.2 Å². The molecule has 3 aromatic carbocycles. The minimum Gasteiger partial charge on any atom is -0.352 e. The van der Waals surface area contributed by atoms with Crippen molar-refractivity contribution in [3.63, 3.8) is 0 Å². The van der Waals surface area contributed by atoms with Crippen LogP contribution in [0.4, 0.5) is 5.69 Å². The van der Waals surface area contributed by atoms with Gasteiger partial charge in [-0.15, -0.1) is 0 Å². The lowest BCUT2D eigenvalue weighted by atomic mass is 10.1. The van der Waals surface area contributed by atoms with Gasteiger partial charge in [0, 0.05) is 12.6 Å². The van der Waals surface area contributed by atoms with Gasteiger partial charge in [0.05, 0.1) is 10.6 Å². The number of anilines is 1. The van der Waals surface area contributed by atoms with Gasteiger partial charge in [-0.1, -0.05) is 67.1 Å². The summed E-state index contributed by atoms with van der Waals surface area (Å²) >= 11 is 0. The number of hydrogen-bond donors (Lipinski definition) is 1. The first-order chi connectivity index (χ1) is 18.4. The van der Waals surface area contributed by atoms with E-state index >= 15 is 0 Å². The van der Waals surface area contributed by atoms with E-state index in [2.05, 4.69) is 5.32 Å². The van der Waals surface area contributed by atoms with Crippen molar-refractivity contribution in [2.45, 2.75) is 71.5 Å². The zero-order chi connectivity index (χ0) is 28.7. The summed E-state index contributed by atoms with van der Waals surface area (Å²) in [6.07, 6.45) is 0.750. The van der Waals surface area contributed by atoms with Crippen LogP contribution >= 0.6 is 0 Å². The van der Waals surface area contributed by atoms with Crippen molar-refractivity contribution in [1.29, 1.82) is 0 Å². The highest BCUT2D eigenvalue weighted by Crippen LogP contribution is 2.29. The molecule has 0 aliphatic rings. The monoisotopic (exact) mass is 549 g/mol. The topological polar surface area (TPSA) is 86.8 Å². The SMILES string of the molecule is CCC(C)NC(=O)C(C)N(Cc1ccccc1)C(=O)CN(c1cccc(C)c1C)S(=O)(=O)c1ccc(C)cc1. The molecule has 1 N–H and O–H groups in total. The zero-order valence-corrected chi connectivity index (χ0v) is 24.5. The van der Waals surface area contributed by atoms with Gasteiger partial charge in [-0.2, -0.15) is 0 Å². The maximum absolute atomic E-state index is 14.0. The van der Waals surface area contributed by atoms with Crippen LogP contribution in [0.2, 0.25) is 0 Å². The van der Waals surface area contributed by atoms with Gasteiger partial charge in [0.2, 0.25) is 11.8 Å². The number of benzene rings is 3. The lowest BCUT2D eigenvalue weighted by Crippen LogP contribution is -2.52. The maximum atomic E-state index is 14.0. The summed E-state index contributed by atoms with van der Waals surface area (Å²) in [6.45, 7) is 10.9. The molecule has 2 amide bonds. The van der Waals surface area contributed by atoms with Crippen LogP contribution in [0.1, 0.15) is 49.4 Å². The molecule has 3 aromatic rings. The summed E-state index contributed by atoms with van der Waals surface area (Å²) in [5.74, 6) is -0.754. The second kappa shape index (κ2) is 12.9. The highest BCUT2D eigenvalue weighted by molar-refractivity contribution is 7.92. The second-order valence-corrected chi connectivity index (χ2v) is 11.9. The number of nitrogens with one attached hydrogen (secondary N) is 1. The molecule has 0 heterocycles. The molecule has 8 heteroatoms. The van der Waals surface area contributed by atoms with Crippen molar-refractivity contribution in [3.05, 3.63) is 95.1 Å². The molecule has 0 aliphatic carbocycles. The zero-order valence-electron chi connectivity index (χ0n) is 23.6. The quantitative estimate of drug-likeness (QED) is 0.359. The van der Waals surface area contributed by atoms with Gasteiger partial charge in [0.25, 0.3) is 10.0 Å². The average Bonchev–Trinajstić information content (AvgIpc) is 2.92. The fraction of sp³-hybridized carbons (Fsp3) is 0.355. The van der Waals surface area contributed by atoms with E-state index in [1.165, 1.54) is 9.21 Å². The van der Waals surface area contributed by atoms with Crippen LogP contribution in [-0.4, -0.2) is 43.8 Å². The number of aryl methyl sites for hydroxylation is 2. The average molecular weight is 550 g/mol. The predicted octanol–water partition coefficient (Wildman–Crippen LogP) is 5.14. The summed E-state index contributed by atoms with van der Waals surface area (Å²) < 4.78 is 29.1. The highest BCUT2D eigenvalue weighted by atomic mass is 32.2. The first-order valence-electron chi connectivity index (χ1n) is 13.2. The number of carbonyl (C=O) groups excluding carboxylic acids is 2. The van der Waals surface area contributed by atoms with Crippen LogP contribution in [-0.2, 0) is 26.2 Å². The smallest absolute Gasteiger partial charge is 0.264 e. The summed E-state index contributed by atoms with van der Waals surface area (Å²) in [7, 11) is -4.10. The van der Waals surface area contributed by atoms with E-state index in [1.54, 1.807) is 43.3 Å². The Kier molecular flexibility index (Phi) is 9.92. The molecule has 0 fully saturated rings. The molecule has 0 aliphatic heterocycles. The van der Waals surface area contributed by atoms with Crippen LogP contribution in [0.25, 0.3) is 0 Å². The Hall–Kier alpha value is -3.65. The minimum atomic E-state index is -4.10. The van der Waals surface area contributed by atoms with Gasteiger partial charge >= 0.3 is 0 Å². The van der Waals surface area contributed by atoms with Crippen LogP contribution in [0.15, 0.2) is 77.7 Å². The number of sulfonamides is 1. The molecular formula is C31H39N3O4S. The molecule has 0 aromatic heterocycles. The van der Waals surface area contributed by atoms with Crippen LogP contribution < -0.4 is 9.62 Å². The molecule has 0 saturated heterocycles. The fourth-order valence-corrected chi connectivity index (χ4v) is 5.66. The Bertz CT molecular complexity index is 1390. The second-order valence-electron chi connectivity index (χ2n) is 10.0. The number of rotatable bonds is 11. The molecule has 208 valence electrons. The third-order valence-corrected chi connectivity index (χ3v) is 8.87. The Morgan fingerprint density at radius 3 is 2.13 bits per heavy atom. The van der Waals surface area contributed by atoms with E-state index in [1.807, 2.05) is 71.0 Å². The third kappa shape index (κ3) is 7.26. The first kappa shape index (κ1) is 29.9. The molecule has 0 bridgehead atoms. The van der Waals surface area contributed by atoms with Gasteiger partial charge in [0.1, 0.15) is 12.6 Å². The fourth-order valence-electron chi connectivity index (χ4n) is 4.18. The van der Waals surface area contributed by atoms with E-state index in [4.69, 9.17) is 0 Å². The molecular weight excluding hydrogens is 510 g/mol. The Balaban J connectivity index is 2.05. The first-order valence-corrected chi connectivity index (χ1v) is 14.7. The number of carbonyl (C=O) groups is 2. The summed E-state index contributed by atoms with van der Waals surface area (Å²) in [5.41, 5.74) is 3.87. The normalized spacial score (nSPS) is 12.9. The molecule has 3 rings (SSSR count). The van der Waals surface area contributed by atoms with Crippen molar-refractivity contribution in [2.24, 2.45) is 0 Å². The van der Waals surface area contributed by atoms with Crippen molar-refractivity contribution in [1.82, 2.24) is 10.2 Å². The number of amides is 2. The molecule has 2 atom stereocenters. The molecule has 7 nitrogen and oxygen atoms in total. The van der Waals surface area contributed by atoms with E-state index in [9.17, 15) is 18.0 Å². The Morgan fingerprint density at radius 1 is 0.872 bits per heavy atom. The third-order valence-electron chi connectivity index (χ3n) is 7.10. The summed E-state index contributed by atoms with van der Waals surface area (Å²) in [6, 6.07) is 20.5. The van der Waals surface area contributed by atoms with Crippen LogP contribution in [0, 0.1) is 20.8 Å². The van der Waals surface area contributed by atoms with E-state index in [0.717, 1.165) is 28.7 Å².